The molecule has 3 nitrogen and oxygen atoms in total. The van der Waals surface area contributed by atoms with Gasteiger partial charge in [-0.2, -0.15) is 0 Å². The lowest BCUT2D eigenvalue weighted by atomic mass is 10.2. The second-order valence-electron chi connectivity index (χ2n) is 3.69. The molecule has 0 aliphatic rings. The van der Waals surface area contributed by atoms with E-state index in [0.29, 0.717) is 10.5 Å². The molecule has 0 aliphatic heterocycles. The van der Waals surface area contributed by atoms with Crippen LogP contribution < -0.4 is 5.32 Å². The van der Waals surface area contributed by atoms with Gasteiger partial charge in [0.25, 0.3) is 5.91 Å². The lowest BCUT2D eigenvalue weighted by molar-refractivity contribution is 0.102. The van der Waals surface area contributed by atoms with Crippen molar-refractivity contribution in [1.29, 1.82) is 0 Å². The molecule has 1 N–H and O–H groups in total. The van der Waals surface area contributed by atoms with Gasteiger partial charge in [-0.15, -0.1) is 0 Å². The number of hydrogen-bond donors (Lipinski definition) is 1. The molecule has 0 saturated heterocycles. The Kier molecular flexibility index (Phi) is 4.72. The standard InChI is InChI=1S/C12H5Br2ClF2N2O/c13-5-1-6(11(15)18-4-5)12(20)19-10-2-7(14)8(16)3-9(10)17/h1-4H,(H,19,20). The lowest BCUT2D eigenvalue weighted by Gasteiger charge is -2.08. The van der Waals surface area contributed by atoms with Gasteiger partial charge in [0, 0.05) is 16.7 Å². The van der Waals surface area contributed by atoms with Crippen molar-refractivity contribution in [2.75, 3.05) is 5.32 Å². The van der Waals surface area contributed by atoms with Crippen LogP contribution in [-0.2, 0) is 0 Å². The Hall–Kier alpha value is -1.05. The molecule has 0 atom stereocenters. The Balaban J connectivity index is 2.32. The number of nitrogens with one attached hydrogen (secondary N) is 1. The molecule has 0 aliphatic carbocycles. The molecule has 1 amide bonds. The van der Waals surface area contributed by atoms with Gasteiger partial charge in [-0.25, -0.2) is 13.8 Å². The molecule has 0 bridgehead atoms. The minimum absolute atomic E-state index is 0.0210. The fourth-order valence-corrected chi connectivity index (χ4v) is 2.25. The Morgan fingerprint density at radius 2 is 1.90 bits per heavy atom. The SMILES string of the molecule is O=C(Nc1cc(Br)c(F)cc1F)c1cc(Br)cnc1Cl. The summed E-state index contributed by atoms with van der Waals surface area (Å²) in [6.07, 6.45) is 1.42. The number of carbonyl (C=O) groups is 1. The third-order valence-electron chi connectivity index (χ3n) is 2.31. The first kappa shape index (κ1) is 15.3. The van der Waals surface area contributed by atoms with Crippen LogP contribution in [0.25, 0.3) is 0 Å². The minimum atomic E-state index is -0.891. The van der Waals surface area contributed by atoms with Crippen LogP contribution in [0.4, 0.5) is 14.5 Å². The normalized spacial score (nSPS) is 10.4. The van der Waals surface area contributed by atoms with Crippen molar-refractivity contribution >= 4 is 55.1 Å². The van der Waals surface area contributed by atoms with E-state index >= 15 is 0 Å². The molecule has 2 aromatic rings. The first-order valence-electron chi connectivity index (χ1n) is 5.15. The highest BCUT2D eigenvalue weighted by Gasteiger charge is 2.15. The van der Waals surface area contributed by atoms with Crippen LogP contribution in [0.5, 0.6) is 0 Å². The summed E-state index contributed by atoms with van der Waals surface area (Å²) >= 11 is 11.9. The van der Waals surface area contributed by atoms with E-state index in [2.05, 4.69) is 42.2 Å². The fraction of sp³-hybridized carbons (Fsp3) is 0. The van der Waals surface area contributed by atoms with Crippen LogP contribution in [0, 0.1) is 11.6 Å². The molecule has 2 rings (SSSR count). The maximum Gasteiger partial charge on any atom is 0.258 e. The molecule has 1 aromatic heterocycles. The summed E-state index contributed by atoms with van der Waals surface area (Å²) in [4.78, 5) is 15.8. The van der Waals surface area contributed by atoms with Crippen LogP contribution in [0.2, 0.25) is 5.15 Å². The molecule has 0 fully saturated rings. The molecule has 20 heavy (non-hydrogen) atoms. The summed E-state index contributed by atoms with van der Waals surface area (Å²) in [7, 11) is 0. The van der Waals surface area contributed by atoms with Gasteiger partial charge in [-0.05, 0) is 44.0 Å². The highest BCUT2D eigenvalue weighted by molar-refractivity contribution is 9.10. The molecule has 0 unspecified atom stereocenters. The van der Waals surface area contributed by atoms with Crippen molar-refractivity contribution in [2.24, 2.45) is 0 Å². The molecule has 1 heterocycles. The monoisotopic (exact) mass is 424 g/mol. The van der Waals surface area contributed by atoms with Crippen LogP contribution in [0.1, 0.15) is 10.4 Å². The summed E-state index contributed by atoms with van der Waals surface area (Å²) in [6.45, 7) is 0. The zero-order valence-corrected chi connectivity index (χ0v) is 13.5. The molecular weight excluding hydrogens is 421 g/mol. The van der Waals surface area contributed by atoms with E-state index in [1.165, 1.54) is 12.3 Å². The van der Waals surface area contributed by atoms with E-state index < -0.39 is 17.5 Å². The third kappa shape index (κ3) is 3.34. The van der Waals surface area contributed by atoms with E-state index in [0.717, 1.165) is 6.07 Å². The number of nitrogens with zero attached hydrogens (tertiary/aromatic N) is 1. The van der Waals surface area contributed by atoms with E-state index in [1.807, 2.05) is 0 Å². The predicted molar refractivity (Wildman–Crippen MR) is 79.0 cm³/mol. The largest absolute Gasteiger partial charge is 0.319 e. The van der Waals surface area contributed by atoms with E-state index in [9.17, 15) is 13.6 Å². The predicted octanol–water partition coefficient (Wildman–Crippen LogP) is 4.79. The van der Waals surface area contributed by atoms with Crippen LogP contribution in [-0.4, -0.2) is 10.9 Å². The van der Waals surface area contributed by atoms with E-state index in [-0.39, 0.29) is 20.9 Å². The van der Waals surface area contributed by atoms with E-state index in [4.69, 9.17) is 11.6 Å². The zero-order chi connectivity index (χ0) is 14.9. The summed E-state index contributed by atoms with van der Waals surface area (Å²) in [6, 6.07) is 3.24. The number of rotatable bonds is 2. The van der Waals surface area contributed by atoms with Gasteiger partial charge in [0.1, 0.15) is 16.8 Å². The Morgan fingerprint density at radius 1 is 1.20 bits per heavy atom. The fourth-order valence-electron chi connectivity index (χ4n) is 1.39. The summed E-state index contributed by atoms with van der Waals surface area (Å²) in [5.74, 6) is -2.30. The number of pyridine rings is 1. The maximum atomic E-state index is 13.6. The van der Waals surface area contributed by atoms with Gasteiger partial charge in [0.2, 0.25) is 0 Å². The summed E-state index contributed by atoms with van der Waals surface area (Å²) in [5.41, 5.74) is -0.0970. The molecule has 8 heteroatoms. The molecule has 0 spiro atoms. The molecule has 0 radical (unpaired) electrons. The number of amides is 1. The highest BCUT2D eigenvalue weighted by Crippen LogP contribution is 2.25. The molecule has 104 valence electrons. The van der Waals surface area contributed by atoms with Crippen LogP contribution >= 0.6 is 43.5 Å². The number of benzene rings is 1. The quantitative estimate of drug-likeness (QED) is 0.554. The number of anilines is 1. The Bertz CT molecular complexity index is 697. The van der Waals surface area contributed by atoms with Crippen LogP contribution in [0.3, 0.4) is 0 Å². The number of aromatic nitrogens is 1. The Morgan fingerprint density at radius 3 is 2.60 bits per heavy atom. The first-order chi connectivity index (χ1) is 9.38. The van der Waals surface area contributed by atoms with Crippen molar-refractivity contribution in [2.45, 2.75) is 0 Å². The van der Waals surface area contributed by atoms with Gasteiger partial charge >= 0.3 is 0 Å². The highest BCUT2D eigenvalue weighted by atomic mass is 79.9. The molecule has 1 aromatic carbocycles. The smallest absolute Gasteiger partial charge is 0.258 e. The Labute approximate surface area is 134 Å². The van der Waals surface area contributed by atoms with Crippen molar-refractivity contribution in [3.05, 3.63) is 55.7 Å². The number of hydrogen-bond acceptors (Lipinski definition) is 2. The first-order valence-corrected chi connectivity index (χ1v) is 7.12. The van der Waals surface area contributed by atoms with Gasteiger partial charge in [0.05, 0.1) is 15.7 Å². The average Bonchev–Trinajstić information content (AvgIpc) is 2.38. The zero-order valence-electron chi connectivity index (χ0n) is 9.55. The van der Waals surface area contributed by atoms with Crippen LogP contribution in [0.15, 0.2) is 33.3 Å². The van der Waals surface area contributed by atoms with Gasteiger partial charge < -0.3 is 5.32 Å². The summed E-state index contributed by atoms with van der Waals surface area (Å²) < 4.78 is 27.2. The number of halogens is 5. The van der Waals surface area contributed by atoms with Crippen molar-refractivity contribution < 1.29 is 13.6 Å². The molecular formula is C12H5Br2ClF2N2O. The third-order valence-corrected chi connectivity index (χ3v) is 3.65. The number of carbonyl (C=O) groups excluding carboxylic acids is 1. The second-order valence-corrected chi connectivity index (χ2v) is 5.82. The topological polar surface area (TPSA) is 42.0 Å². The second kappa shape index (κ2) is 6.15. The van der Waals surface area contributed by atoms with E-state index in [1.54, 1.807) is 0 Å². The average molecular weight is 426 g/mol. The van der Waals surface area contributed by atoms with Crippen molar-refractivity contribution in [1.82, 2.24) is 4.98 Å². The molecule has 0 saturated carbocycles. The minimum Gasteiger partial charge on any atom is -0.319 e. The summed E-state index contributed by atoms with van der Waals surface area (Å²) in [5, 5.41) is 2.29. The van der Waals surface area contributed by atoms with Crippen molar-refractivity contribution in [3.63, 3.8) is 0 Å². The maximum absolute atomic E-state index is 13.6. The lowest BCUT2D eigenvalue weighted by Crippen LogP contribution is -2.14. The van der Waals surface area contributed by atoms with Gasteiger partial charge in [-0.3, -0.25) is 4.79 Å². The van der Waals surface area contributed by atoms with Gasteiger partial charge in [-0.1, -0.05) is 11.6 Å². The van der Waals surface area contributed by atoms with Gasteiger partial charge in [0.15, 0.2) is 0 Å². The van der Waals surface area contributed by atoms with Crippen molar-refractivity contribution in [3.8, 4) is 0 Å².